The molecular formula is C46H49ClN8O5S2. The molecule has 5 aromatic carbocycles. The molecule has 7 rings (SSSR count). The van der Waals surface area contributed by atoms with Crippen molar-refractivity contribution in [2.45, 2.75) is 55.1 Å². The third kappa shape index (κ3) is 10.8. The summed E-state index contributed by atoms with van der Waals surface area (Å²) in [5.74, 6) is 0.334. The Bertz CT molecular complexity index is 2660. The first kappa shape index (κ1) is 44.3. The predicted molar refractivity (Wildman–Crippen MR) is 250 cm³/mol. The summed E-state index contributed by atoms with van der Waals surface area (Å²) in [6.45, 7) is 9.76. The average molecular weight is 894 g/mol. The topological polar surface area (TPSA) is 154 Å². The molecule has 1 aliphatic rings. The van der Waals surface area contributed by atoms with Crippen LogP contribution in [0.25, 0.3) is 22.0 Å². The number of hydrogen-bond donors (Lipinski definition) is 2. The molecule has 6 aromatic rings. The van der Waals surface area contributed by atoms with Crippen molar-refractivity contribution in [3.63, 3.8) is 0 Å². The number of hydrogen-bond acceptors (Lipinski definition) is 11. The second-order valence-electron chi connectivity index (χ2n) is 16.2. The quantitative estimate of drug-likeness (QED) is 0.0576. The minimum atomic E-state index is -4.35. The Morgan fingerprint density at radius 1 is 0.919 bits per heavy atom. The van der Waals surface area contributed by atoms with Gasteiger partial charge in [0.1, 0.15) is 12.0 Å². The van der Waals surface area contributed by atoms with Gasteiger partial charge in [-0.15, -0.1) is 11.8 Å². The Morgan fingerprint density at radius 3 is 2.32 bits per heavy atom. The zero-order valence-electron chi connectivity index (χ0n) is 35.0. The SMILES string of the molecule is CN(C(=O)CC(CSc1ccccc1)Nc1ccc(S(=O)(=O)Nc2ncnc3cc(N4CCN(Cc5cc(Cl)ccc5-c5ccccc5)CC4)ccc23)cc1[N+](=O)[O-])C(C)(C)C. The van der Waals surface area contributed by atoms with Gasteiger partial charge in [0.2, 0.25) is 5.91 Å². The van der Waals surface area contributed by atoms with Crippen LogP contribution in [-0.2, 0) is 21.4 Å². The second-order valence-corrected chi connectivity index (χ2v) is 19.4. The number of anilines is 3. The molecule has 0 bridgehead atoms. The van der Waals surface area contributed by atoms with Crippen LogP contribution in [-0.4, -0.2) is 89.6 Å². The number of nitro benzene ring substituents is 1. The van der Waals surface area contributed by atoms with E-state index < -0.39 is 32.2 Å². The first-order valence-corrected chi connectivity index (χ1v) is 23.1. The maximum atomic E-state index is 13.8. The molecule has 16 heteroatoms. The van der Waals surface area contributed by atoms with Crippen molar-refractivity contribution in [2.24, 2.45) is 0 Å². The van der Waals surface area contributed by atoms with Crippen LogP contribution in [0, 0.1) is 10.1 Å². The van der Waals surface area contributed by atoms with Gasteiger partial charge < -0.3 is 15.1 Å². The number of nitro groups is 1. The standard InChI is InChI=1S/C46H49ClN8O5S2/c1-46(2,3)52(4)44(56)26-35(30-61-37-13-9-6-10-14-37)50-41-20-17-38(28-43(41)55(57)58)62(59,60)51-45-40-19-16-36(27-42(40)48-31-49-45)54-23-21-53(22-24-54)29-33-25-34(47)15-18-39(33)32-11-7-5-8-12-32/h5-20,25,27-28,31,35,50H,21-24,26,29-30H2,1-4H3,(H,48,49,51). The summed E-state index contributed by atoms with van der Waals surface area (Å²) >= 11 is 7.94. The number of thioether (sulfide) groups is 1. The van der Waals surface area contributed by atoms with Crippen molar-refractivity contribution in [1.82, 2.24) is 19.8 Å². The van der Waals surface area contributed by atoms with Gasteiger partial charge in [0, 0.05) is 90.6 Å². The highest BCUT2D eigenvalue weighted by molar-refractivity contribution is 7.99. The summed E-state index contributed by atoms with van der Waals surface area (Å²) < 4.78 is 30.2. The van der Waals surface area contributed by atoms with Crippen molar-refractivity contribution in [2.75, 3.05) is 53.9 Å². The molecule has 1 atom stereocenters. The molecule has 0 aliphatic carbocycles. The maximum Gasteiger partial charge on any atom is 0.293 e. The van der Waals surface area contributed by atoms with Crippen molar-refractivity contribution < 1.29 is 18.1 Å². The number of nitrogens with one attached hydrogen (secondary N) is 2. The van der Waals surface area contributed by atoms with E-state index in [4.69, 9.17) is 11.6 Å². The van der Waals surface area contributed by atoms with E-state index in [1.54, 1.807) is 18.0 Å². The average Bonchev–Trinajstić information content (AvgIpc) is 3.25. The van der Waals surface area contributed by atoms with Gasteiger partial charge in [-0.25, -0.2) is 18.4 Å². The number of sulfonamides is 1. The van der Waals surface area contributed by atoms with Gasteiger partial charge in [-0.2, -0.15) is 0 Å². The van der Waals surface area contributed by atoms with Crippen molar-refractivity contribution in [3.8, 4) is 11.1 Å². The molecule has 1 fully saturated rings. The lowest BCUT2D eigenvalue weighted by molar-refractivity contribution is -0.384. The zero-order valence-corrected chi connectivity index (χ0v) is 37.4. The van der Waals surface area contributed by atoms with Crippen LogP contribution in [0.1, 0.15) is 32.8 Å². The number of carbonyl (C=O) groups is 1. The normalized spacial score (nSPS) is 14.0. The lowest BCUT2D eigenvalue weighted by atomic mass is 9.99. The van der Waals surface area contributed by atoms with E-state index in [9.17, 15) is 23.3 Å². The van der Waals surface area contributed by atoms with Crippen LogP contribution in [0.4, 0.5) is 22.9 Å². The van der Waals surface area contributed by atoms with E-state index in [2.05, 4.69) is 48.0 Å². The summed E-state index contributed by atoms with van der Waals surface area (Å²) in [6.07, 6.45) is 1.35. The number of rotatable bonds is 15. The van der Waals surface area contributed by atoms with Gasteiger partial charge in [-0.1, -0.05) is 66.2 Å². The van der Waals surface area contributed by atoms with Gasteiger partial charge in [-0.3, -0.25) is 24.5 Å². The highest BCUT2D eigenvalue weighted by Crippen LogP contribution is 2.33. The van der Waals surface area contributed by atoms with Gasteiger partial charge in [-0.05, 0) is 92.1 Å². The molecule has 1 unspecified atom stereocenters. The Hall–Kier alpha value is -5.74. The Labute approximate surface area is 371 Å². The van der Waals surface area contributed by atoms with E-state index in [0.717, 1.165) is 60.5 Å². The van der Waals surface area contributed by atoms with Crippen molar-refractivity contribution in [3.05, 3.63) is 142 Å². The van der Waals surface area contributed by atoms with E-state index >= 15 is 0 Å². The fourth-order valence-electron chi connectivity index (χ4n) is 7.27. The first-order valence-electron chi connectivity index (χ1n) is 20.2. The summed E-state index contributed by atoms with van der Waals surface area (Å²) in [5, 5.41) is 16.8. The molecule has 1 aliphatic heterocycles. The van der Waals surface area contributed by atoms with Crippen LogP contribution in [0.3, 0.4) is 0 Å². The second kappa shape index (κ2) is 19.1. The van der Waals surface area contributed by atoms with E-state index in [1.165, 1.54) is 35.8 Å². The molecule has 1 aromatic heterocycles. The fourth-order valence-corrected chi connectivity index (χ4v) is 9.45. The minimum absolute atomic E-state index is 0.0476. The monoisotopic (exact) mass is 892 g/mol. The molecule has 62 heavy (non-hydrogen) atoms. The maximum absolute atomic E-state index is 13.8. The number of fused-ring (bicyclic) bond motifs is 1. The van der Waals surface area contributed by atoms with Crippen LogP contribution in [0.2, 0.25) is 5.02 Å². The molecule has 0 saturated carbocycles. The summed E-state index contributed by atoms with van der Waals surface area (Å²) in [6, 6.07) is 34.8. The van der Waals surface area contributed by atoms with Gasteiger partial charge in [0.25, 0.3) is 15.7 Å². The van der Waals surface area contributed by atoms with Crippen LogP contribution in [0.5, 0.6) is 0 Å². The summed E-state index contributed by atoms with van der Waals surface area (Å²) in [7, 11) is -2.62. The van der Waals surface area contributed by atoms with Gasteiger partial charge in [0.05, 0.1) is 15.3 Å². The molecule has 0 radical (unpaired) electrons. The highest BCUT2D eigenvalue weighted by atomic mass is 35.5. The number of carbonyl (C=O) groups excluding carboxylic acids is 1. The number of piperazine rings is 1. The molecule has 2 heterocycles. The van der Waals surface area contributed by atoms with Crippen LogP contribution < -0.4 is 14.9 Å². The van der Waals surface area contributed by atoms with Crippen LogP contribution in [0.15, 0.2) is 131 Å². The lowest BCUT2D eigenvalue weighted by Crippen LogP contribution is -2.46. The first-order chi connectivity index (χ1) is 29.6. The molecule has 13 nitrogen and oxygen atoms in total. The number of amides is 1. The molecule has 1 saturated heterocycles. The number of halogens is 1. The fraction of sp³-hybridized carbons (Fsp3) is 0.283. The van der Waals surface area contributed by atoms with Crippen molar-refractivity contribution in [1.29, 1.82) is 0 Å². The third-order valence-electron chi connectivity index (χ3n) is 11.0. The Kier molecular flexibility index (Phi) is 13.7. The number of nitrogens with zero attached hydrogens (tertiary/aromatic N) is 6. The van der Waals surface area contributed by atoms with Crippen LogP contribution >= 0.6 is 23.4 Å². The van der Waals surface area contributed by atoms with E-state index in [-0.39, 0.29) is 28.7 Å². The minimum Gasteiger partial charge on any atom is -0.375 e. The zero-order chi connectivity index (χ0) is 44.0. The van der Waals surface area contributed by atoms with Gasteiger partial charge in [0.15, 0.2) is 5.82 Å². The molecule has 0 spiro atoms. The summed E-state index contributed by atoms with van der Waals surface area (Å²) in [5.41, 5.74) is 4.21. The smallest absolute Gasteiger partial charge is 0.293 e. The van der Waals surface area contributed by atoms with Gasteiger partial charge >= 0.3 is 0 Å². The number of benzene rings is 5. The molecule has 322 valence electrons. The van der Waals surface area contributed by atoms with E-state index in [1.807, 2.05) is 93.6 Å². The predicted octanol–water partition coefficient (Wildman–Crippen LogP) is 9.20. The molecular weight excluding hydrogens is 844 g/mol. The third-order valence-corrected chi connectivity index (χ3v) is 13.7. The molecule has 1 amide bonds. The lowest BCUT2D eigenvalue weighted by Gasteiger charge is -2.36. The van der Waals surface area contributed by atoms with E-state index in [0.29, 0.717) is 21.7 Å². The van der Waals surface area contributed by atoms with Crippen molar-refractivity contribution >= 4 is 73.1 Å². The highest BCUT2D eigenvalue weighted by Gasteiger charge is 2.28. The summed E-state index contributed by atoms with van der Waals surface area (Å²) in [4.78, 5) is 40.8. The largest absolute Gasteiger partial charge is 0.375 e. The Morgan fingerprint density at radius 2 is 1.63 bits per heavy atom. The number of aromatic nitrogens is 2. The molecule has 2 N–H and O–H groups in total. The Balaban J connectivity index is 1.04.